The van der Waals surface area contributed by atoms with E-state index in [1.165, 1.54) is 5.75 Å². The highest BCUT2D eigenvalue weighted by atomic mass is 33.1. The third-order valence-electron chi connectivity index (χ3n) is 1.18. The lowest BCUT2D eigenvalue weighted by Crippen LogP contribution is -1.92. The average molecular weight is 232 g/mol. The topological polar surface area (TPSA) is 9.23 Å². The number of hydrogen-bond donors (Lipinski definition) is 0. The fourth-order valence-electron chi connectivity index (χ4n) is 0.591. The van der Waals surface area contributed by atoms with Crippen LogP contribution < -0.4 is 0 Å². The second kappa shape index (κ2) is 9.76. The van der Waals surface area contributed by atoms with Gasteiger partial charge in [-0.25, -0.2) is 0 Å². The van der Waals surface area contributed by atoms with Gasteiger partial charge in [0.25, 0.3) is 0 Å². The standard InChI is InChI=1S/C11H20OS2/c1-10(2)6-5-7-12-9-14-13-8-11(3)4/h10-11H,7-9H2,1-4H3. The van der Waals surface area contributed by atoms with E-state index >= 15 is 0 Å². The monoisotopic (exact) mass is 232 g/mol. The second-order valence-electron chi connectivity index (χ2n) is 3.74. The van der Waals surface area contributed by atoms with Crippen LogP contribution in [0.2, 0.25) is 0 Å². The van der Waals surface area contributed by atoms with Crippen molar-refractivity contribution in [1.29, 1.82) is 0 Å². The van der Waals surface area contributed by atoms with Gasteiger partial charge in [-0.2, -0.15) is 0 Å². The minimum Gasteiger partial charge on any atom is -0.357 e. The first kappa shape index (κ1) is 14.2. The van der Waals surface area contributed by atoms with E-state index in [0.29, 0.717) is 12.5 Å². The summed E-state index contributed by atoms with van der Waals surface area (Å²) in [6.07, 6.45) is 0. The Morgan fingerprint density at radius 3 is 2.43 bits per heavy atom. The van der Waals surface area contributed by atoms with Crippen molar-refractivity contribution >= 4 is 21.6 Å². The maximum Gasteiger partial charge on any atom is 0.108 e. The van der Waals surface area contributed by atoms with Crippen LogP contribution in [0, 0.1) is 23.7 Å². The van der Waals surface area contributed by atoms with E-state index in [0.717, 1.165) is 11.9 Å². The summed E-state index contributed by atoms with van der Waals surface area (Å²) in [6, 6.07) is 0. The Morgan fingerprint density at radius 1 is 1.14 bits per heavy atom. The maximum absolute atomic E-state index is 5.33. The average Bonchev–Trinajstić information content (AvgIpc) is 2.08. The number of hydrogen-bond acceptors (Lipinski definition) is 3. The van der Waals surface area contributed by atoms with Crippen molar-refractivity contribution in [3.63, 3.8) is 0 Å². The Kier molecular flexibility index (Phi) is 9.92. The van der Waals surface area contributed by atoms with Gasteiger partial charge in [-0.05, 0) is 5.92 Å². The lowest BCUT2D eigenvalue weighted by molar-refractivity contribution is 0.223. The predicted molar refractivity (Wildman–Crippen MR) is 68.3 cm³/mol. The Balaban J connectivity index is 3.11. The van der Waals surface area contributed by atoms with Gasteiger partial charge in [-0.15, -0.1) is 0 Å². The van der Waals surface area contributed by atoms with Crippen LogP contribution >= 0.6 is 21.6 Å². The van der Waals surface area contributed by atoms with Gasteiger partial charge >= 0.3 is 0 Å². The molecule has 3 heteroatoms. The highest BCUT2D eigenvalue weighted by Crippen LogP contribution is 2.23. The molecule has 0 aromatic rings. The molecule has 82 valence electrons. The first-order valence-electron chi connectivity index (χ1n) is 4.93. The summed E-state index contributed by atoms with van der Waals surface area (Å²) in [6.45, 7) is 9.18. The van der Waals surface area contributed by atoms with Gasteiger partial charge in [0, 0.05) is 11.7 Å². The zero-order valence-corrected chi connectivity index (χ0v) is 11.1. The molecule has 1 nitrogen and oxygen atoms in total. The molecule has 0 fully saturated rings. The lowest BCUT2D eigenvalue weighted by Gasteiger charge is -2.02. The van der Waals surface area contributed by atoms with Crippen LogP contribution in [0.25, 0.3) is 0 Å². The Labute approximate surface area is 96.1 Å². The van der Waals surface area contributed by atoms with Crippen molar-refractivity contribution in [3.8, 4) is 11.8 Å². The summed E-state index contributed by atoms with van der Waals surface area (Å²) in [7, 11) is 3.64. The molecule has 14 heavy (non-hydrogen) atoms. The van der Waals surface area contributed by atoms with Crippen molar-refractivity contribution in [2.75, 3.05) is 18.3 Å². The SMILES string of the molecule is CC(C)C#CCOCSSCC(C)C. The van der Waals surface area contributed by atoms with Gasteiger partial charge in [0.15, 0.2) is 0 Å². The predicted octanol–water partition coefficient (Wildman–Crippen LogP) is 3.66. The smallest absolute Gasteiger partial charge is 0.108 e. The van der Waals surface area contributed by atoms with Crippen LogP contribution in [0.5, 0.6) is 0 Å². The molecule has 0 aliphatic rings. The molecule has 0 aliphatic carbocycles. The van der Waals surface area contributed by atoms with Gasteiger partial charge in [-0.1, -0.05) is 61.1 Å². The fraction of sp³-hybridized carbons (Fsp3) is 0.818. The molecule has 0 aliphatic heterocycles. The molecular formula is C11H20OS2. The van der Waals surface area contributed by atoms with Crippen molar-refractivity contribution < 1.29 is 4.74 Å². The van der Waals surface area contributed by atoms with E-state index in [-0.39, 0.29) is 0 Å². The van der Waals surface area contributed by atoms with Gasteiger partial charge in [0.05, 0.1) is 0 Å². The van der Waals surface area contributed by atoms with Crippen LogP contribution in [0.4, 0.5) is 0 Å². The van der Waals surface area contributed by atoms with Crippen molar-refractivity contribution in [2.45, 2.75) is 27.7 Å². The molecule has 0 bridgehead atoms. The largest absolute Gasteiger partial charge is 0.357 e. The molecule has 0 radical (unpaired) electrons. The molecular weight excluding hydrogens is 212 g/mol. The molecule has 0 aromatic carbocycles. The third-order valence-corrected chi connectivity index (χ3v) is 3.61. The summed E-state index contributed by atoms with van der Waals surface area (Å²) < 4.78 is 5.33. The molecule has 0 rings (SSSR count). The number of ether oxygens (including phenoxy) is 1. The molecule has 0 atom stereocenters. The van der Waals surface area contributed by atoms with Gasteiger partial charge in [0.1, 0.15) is 12.5 Å². The van der Waals surface area contributed by atoms with Crippen molar-refractivity contribution in [3.05, 3.63) is 0 Å². The van der Waals surface area contributed by atoms with Crippen LogP contribution in [0.15, 0.2) is 0 Å². The first-order valence-corrected chi connectivity index (χ1v) is 7.42. The summed E-state index contributed by atoms with van der Waals surface area (Å²) in [5.41, 5.74) is 0. The highest BCUT2D eigenvalue weighted by molar-refractivity contribution is 8.76. The van der Waals surface area contributed by atoms with Gasteiger partial charge < -0.3 is 4.74 Å². The Morgan fingerprint density at radius 2 is 1.86 bits per heavy atom. The van der Waals surface area contributed by atoms with Gasteiger partial charge in [-0.3, -0.25) is 0 Å². The number of rotatable bonds is 6. The minimum absolute atomic E-state index is 0.446. The quantitative estimate of drug-likeness (QED) is 0.299. The van der Waals surface area contributed by atoms with E-state index in [4.69, 9.17) is 4.74 Å². The molecule has 0 aromatic heterocycles. The Hall–Kier alpha value is 0.220. The Bertz CT molecular complexity index is 179. The summed E-state index contributed by atoms with van der Waals surface area (Å²) in [5.74, 6) is 9.18. The molecule has 0 heterocycles. The second-order valence-corrected chi connectivity index (χ2v) is 6.19. The van der Waals surface area contributed by atoms with E-state index < -0.39 is 0 Å². The molecule has 0 N–H and O–H groups in total. The third kappa shape index (κ3) is 12.2. The highest BCUT2D eigenvalue weighted by Gasteiger charge is 1.94. The lowest BCUT2D eigenvalue weighted by atomic mass is 10.2. The zero-order valence-electron chi connectivity index (χ0n) is 9.50. The van der Waals surface area contributed by atoms with Gasteiger partial charge in [0.2, 0.25) is 0 Å². The molecule has 0 unspecified atom stereocenters. The molecule has 0 saturated carbocycles. The fourth-order valence-corrected chi connectivity index (χ4v) is 2.69. The van der Waals surface area contributed by atoms with Crippen LogP contribution in [0.1, 0.15) is 27.7 Å². The maximum atomic E-state index is 5.33. The van der Waals surface area contributed by atoms with Crippen LogP contribution in [-0.4, -0.2) is 18.3 Å². The van der Waals surface area contributed by atoms with Crippen molar-refractivity contribution in [1.82, 2.24) is 0 Å². The molecule has 0 spiro atoms. The normalized spacial score (nSPS) is 10.4. The summed E-state index contributed by atoms with van der Waals surface area (Å²) >= 11 is 0. The van der Waals surface area contributed by atoms with Crippen molar-refractivity contribution in [2.24, 2.45) is 11.8 Å². The van der Waals surface area contributed by atoms with E-state index in [9.17, 15) is 0 Å². The zero-order chi connectivity index (χ0) is 10.8. The minimum atomic E-state index is 0.446. The van der Waals surface area contributed by atoms with E-state index in [1.54, 1.807) is 10.8 Å². The van der Waals surface area contributed by atoms with Crippen LogP contribution in [0.3, 0.4) is 0 Å². The molecule has 0 amide bonds. The van der Waals surface area contributed by atoms with E-state index in [1.807, 2.05) is 10.8 Å². The van der Waals surface area contributed by atoms with E-state index in [2.05, 4.69) is 39.5 Å². The summed E-state index contributed by atoms with van der Waals surface area (Å²) in [5, 5.41) is 0. The summed E-state index contributed by atoms with van der Waals surface area (Å²) in [4.78, 5) is 0. The molecule has 0 saturated heterocycles. The first-order chi connectivity index (χ1) is 6.63. The van der Waals surface area contributed by atoms with Crippen LogP contribution in [-0.2, 0) is 4.74 Å².